The predicted molar refractivity (Wildman–Crippen MR) is 63.8 cm³/mol. The van der Waals surface area contributed by atoms with Gasteiger partial charge in [-0.2, -0.15) is 0 Å². The molecule has 2 rings (SSSR count). The number of rotatable bonds is 4. The van der Waals surface area contributed by atoms with Gasteiger partial charge in [0.25, 0.3) is 0 Å². The number of benzene rings is 1. The Hall–Kier alpha value is -1.31. The summed E-state index contributed by atoms with van der Waals surface area (Å²) in [7, 11) is 0. The molecule has 2 nitrogen and oxygen atoms in total. The second-order valence-electron chi connectivity index (χ2n) is 4.80. The molecule has 1 aromatic rings. The number of ether oxygens (including phenoxy) is 1. The van der Waals surface area contributed by atoms with Crippen LogP contribution >= 0.6 is 0 Å². The molecule has 2 heteroatoms. The summed E-state index contributed by atoms with van der Waals surface area (Å²) in [5.41, 5.74) is 0.821. The second kappa shape index (κ2) is 3.93. The molecule has 0 heterocycles. The molecule has 1 aromatic carbocycles. The Labute approximate surface area is 96.6 Å². The minimum Gasteiger partial charge on any atom is -0.491 e. The van der Waals surface area contributed by atoms with E-state index in [0.29, 0.717) is 0 Å². The molecule has 0 aliphatic heterocycles. The summed E-state index contributed by atoms with van der Waals surface area (Å²) in [6.45, 7) is 5.69. The smallest absolute Gasteiger partial charge is 0.140 e. The lowest BCUT2D eigenvalue weighted by atomic mass is 9.91. The van der Waals surface area contributed by atoms with Crippen LogP contribution in [0, 0.1) is 0 Å². The van der Waals surface area contributed by atoms with Crippen LogP contribution in [0.2, 0.25) is 0 Å². The van der Waals surface area contributed by atoms with Gasteiger partial charge in [0.2, 0.25) is 0 Å². The summed E-state index contributed by atoms with van der Waals surface area (Å²) in [4.78, 5) is 11.7. The van der Waals surface area contributed by atoms with Gasteiger partial charge in [0.1, 0.15) is 11.5 Å². The molecule has 0 spiro atoms. The average Bonchev–Trinajstić information content (AvgIpc) is 2.98. The van der Waals surface area contributed by atoms with E-state index in [0.717, 1.165) is 24.2 Å². The lowest BCUT2D eigenvalue weighted by Gasteiger charge is -2.19. The Morgan fingerprint density at radius 1 is 1.31 bits per heavy atom. The summed E-state index contributed by atoms with van der Waals surface area (Å²) >= 11 is 0. The van der Waals surface area contributed by atoms with Crippen LogP contribution in [0.25, 0.3) is 0 Å². The molecule has 1 aliphatic rings. The van der Waals surface area contributed by atoms with Gasteiger partial charge in [-0.1, -0.05) is 18.2 Å². The van der Waals surface area contributed by atoms with Crippen molar-refractivity contribution in [3.63, 3.8) is 0 Å². The van der Waals surface area contributed by atoms with Gasteiger partial charge in [0, 0.05) is 5.56 Å². The molecule has 1 aliphatic carbocycles. The van der Waals surface area contributed by atoms with Gasteiger partial charge in [-0.3, -0.25) is 4.79 Å². The Balaban J connectivity index is 2.37. The van der Waals surface area contributed by atoms with Crippen LogP contribution in [0.1, 0.15) is 39.2 Å². The fraction of sp³-hybridized carbons (Fsp3) is 0.500. The summed E-state index contributed by atoms with van der Waals surface area (Å²) < 4.78 is 5.77. The van der Waals surface area contributed by atoms with Crippen LogP contribution < -0.4 is 4.74 Å². The maximum absolute atomic E-state index is 11.7. The third kappa shape index (κ3) is 1.84. The van der Waals surface area contributed by atoms with E-state index in [9.17, 15) is 4.79 Å². The van der Waals surface area contributed by atoms with Crippen LogP contribution in [0.15, 0.2) is 24.3 Å². The lowest BCUT2D eigenvalue weighted by molar-refractivity contribution is -0.119. The van der Waals surface area contributed by atoms with Crippen LogP contribution in [-0.2, 0) is 10.2 Å². The lowest BCUT2D eigenvalue weighted by Crippen LogP contribution is -2.19. The minimum atomic E-state index is -0.245. The molecule has 1 saturated carbocycles. The van der Waals surface area contributed by atoms with Crippen LogP contribution in [0.4, 0.5) is 0 Å². The molecule has 0 amide bonds. The van der Waals surface area contributed by atoms with Crippen molar-refractivity contribution in [1.29, 1.82) is 0 Å². The number of ketones is 1. The Bertz CT molecular complexity index is 403. The van der Waals surface area contributed by atoms with Crippen LogP contribution in [0.3, 0.4) is 0 Å². The van der Waals surface area contributed by atoms with Crippen molar-refractivity contribution in [2.24, 2.45) is 0 Å². The fourth-order valence-electron chi connectivity index (χ4n) is 2.15. The molecule has 0 bridgehead atoms. The maximum atomic E-state index is 11.7. The number of para-hydroxylation sites is 1. The first-order valence-electron chi connectivity index (χ1n) is 5.83. The van der Waals surface area contributed by atoms with Gasteiger partial charge in [-0.05, 0) is 39.7 Å². The van der Waals surface area contributed by atoms with Gasteiger partial charge >= 0.3 is 0 Å². The largest absolute Gasteiger partial charge is 0.491 e. The Morgan fingerprint density at radius 3 is 2.44 bits per heavy atom. The highest BCUT2D eigenvalue weighted by molar-refractivity contribution is 5.91. The first kappa shape index (κ1) is 11.2. The summed E-state index contributed by atoms with van der Waals surface area (Å²) in [5, 5.41) is 0. The van der Waals surface area contributed by atoms with Crippen molar-refractivity contribution in [3.05, 3.63) is 29.8 Å². The third-order valence-electron chi connectivity index (χ3n) is 3.19. The molecule has 0 atom stereocenters. The second-order valence-corrected chi connectivity index (χ2v) is 4.80. The quantitative estimate of drug-likeness (QED) is 0.776. The first-order chi connectivity index (χ1) is 7.56. The first-order valence-corrected chi connectivity index (χ1v) is 5.83. The van der Waals surface area contributed by atoms with Gasteiger partial charge in [0.05, 0.1) is 11.5 Å². The summed E-state index contributed by atoms with van der Waals surface area (Å²) in [6.07, 6.45) is 2.06. The number of hydrogen-bond donors (Lipinski definition) is 0. The van der Waals surface area contributed by atoms with Crippen LogP contribution in [0.5, 0.6) is 5.75 Å². The highest BCUT2D eigenvalue weighted by atomic mass is 16.5. The van der Waals surface area contributed by atoms with Crippen molar-refractivity contribution in [2.75, 3.05) is 0 Å². The minimum absolute atomic E-state index is 0.143. The fourth-order valence-corrected chi connectivity index (χ4v) is 2.15. The van der Waals surface area contributed by atoms with Crippen molar-refractivity contribution < 1.29 is 9.53 Å². The van der Waals surface area contributed by atoms with E-state index in [1.54, 1.807) is 6.92 Å². The van der Waals surface area contributed by atoms with Gasteiger partial charge in [-0.25, -0.2) is 0 Å². The Morgan fingerprint density at radius 2 is 1.94 bits per heavy atom. The van der Waals surface area contributed by atoms with Gasteiger partial charge < -0.3 is 4.74 Å². The monoisotopic (exact) mass is 218 g/mol. The third-order valence-corrected chi connectivity index (χ3v) is 3.19. The van der Waals surface area contributed by atoms with E-state index in [1.807, 2.05) is 38.1 Å². The van der Waals surface area contributed by atoms with E-state index in [2.05, 4.69) is 0 Å². The zero-order chi connectivity index (χ0) is 11.8. The van der Waals surface area contributed by atoms with E-state index < -0.39 is 0 Å². The SMILES string of the molecule is CC(=O)C1(c2ccccc2OC(C)C)CC1. The highest BCUT2D eigenvalue weighted by Gasteiger charge is 2.50. The van der Waals surface area contributed by atoms with E-state index in [4.69, 9.17) is 4.74 Å². The Kier molecular flexibility index (Phi) is 2.75. The van der Waals surface area contributed by atoms with Crippen molar-refractivity contribution in [2.45, 2.75) is 45.1 Å². The molecule has 0 saturated heterocycles. The molecule has 16 heavy (non-hydrogen) atoms. The molecular weight excluding hydrogens is 200 g/mol. The van der Waals surface area contributed by atoms with E-state index in [1.165, 1.54) is 0 Å². The zero-order valence-electron chi connectivity index (χ0n) is 10.1. The van der Waals surface area contributed by atoms with Crippen LogP contribution in [-0.4, -0.2) is 11.9 Å². The molecule has 1 fully saturated rings. The normalized spacial score (nSPS) is 17.2. The predicted octanol–water partition coefficient (Wildman–Crippen LogP) is 3.09. The number of carbonyl (C=O) groups is 1. The molecular formula is C14H18O2. The summed E-state index contributed by atoms with van der Waals surface area (Å²) in [6, 6.07) is 7.91. The number of hydrogen-bond acceptors (Lipinski definition) is 2. The van der Waals surface area contributed by atoms with Gasteiger partial charge in [-0.15, -0.1) is 0 Å². The molecule has 0 unspecified atom stereocenters. The van der Waals surface area contributed by atoms with Gasteiger partial charge in [0.15, 0.2) is 0 Å². The van der Waals surface area contributed by atoms with Crippen molar-refractivity contribution >= 4 is 5.78 Å². The zero-order valence-corrected chi connectivity index (χ0v) is 10.1. The summed E-state index contributed by atoms with van der Waals surface area (Å²) in [5.74, 6) is 1.12. The van der Waals surface area contributed by atoms with Crippen molar-refractivity contribution in [1.82, 2.24) is 0 Å². The number of Topliss-reactive ketones (excluding diaryl/α,β-unsaturated/α-hetero) is 1. The topological polar surface area (TPSA) is 26.3 Å². The van der Waals surface area contributed by atoms with E-state index in [-0.39, 0.29) is 17.3 Å². The number of carbonyl (C=O) groups excluding carboxylic acids is 1. The standard InChI is InChI=1S/C14H18O2/c1-10(2)16-13-7-5-4-6-12(13)14(8-9-14)11(3)15/h4-7,10H,8-9H2,1-3H3. The maximum Gasteiger partial charge on any atom is 0.140 e. The molecule has 0 radical (unpaired) electrons. The van der Waals surface area contributed by atoms with Crippen molar-refractivity contribution in [3.8, 4) is 5.75 Å². The average molecular weight is 218 g/mol. The molecule has 0 aromatic heterocycles. The van der Waals surface area contributed by atoms with E-state index >= 15 is 0 Å². The highest BCUT2D eigenvalue weighted by Crippen LogP contribution is 2.51. The molecule has 0 N–H and O–H groups in total. The molecule has 86 valence electrons.